The van der Waals surface area contributed by atoms with Crippen molar-refractivity contribution in [3.63, 3.8) is 0 Å². The Balaban J connectivity index is 1.54. The number of urea groups is 1. The van der Waals surface area contributed by atoms with Gasteiger partial charge in [0.15, 0.2) is 0 Å². The highest BCUT2D eigenvalue weighted by molar-refractivity contribution is 5.94. The summed E-state index contributed by atoms with van der Waals surface area (Å²) in [5.41, 5.74) is 1.55. The van der Waals surface area contributed by atoms with E-state index >= 15 is 0 Å². The Hall–Kier alpha value is -3.29. The van der Waals surface area contributed by atoms with Gasteiger partial charge in [0.1, 0.15) is 5.69 Å². The van der Waals surface area contributed by atoms with E-state index in [-0.39, 0.29) is 30.6 Å². The summed E-state index contributed by atoms with van der Waals surface area (Å²) in [6.07, 6.45) is 5.40. The van der Waals surface area contributed by atoms with E-state index < -0.39 is 5.97 Å². The molecule has 0 aliphatic carbocycles. The zero-order valence-corrected chi connectivity index (χ0v) is 19.0. The third kappa shape index (κ3) is 6.12. The minimum absolute atomic E-state index is 0.0102. The van der Waals surface area contributed by atoms with Crippen LogP contribution in [0.2, 0.25) is 0 Å². The predicted molar refractivity (Wildman–Crippen MR) is 123 cm³/mol. The van der Waals surface area contributed by atoms with Crippen molar-refractivity contribution in [2.24, 2.45) is 7.05 Å². The molecule has 1 atom stereocenters. The highest BCUT2D eigenvalue weighted by Gasteiger charge is 2.28. The predicted octanol–water partition coefficient (Wildman–Crippen LogP) is 3.80. The first-order valence-corrected chi connectivity index (χ1v) is 11.1. The summed E-state index contributed by atoms with van der Waals surface area (Å²) < 4.78 is 7.32. The first kappa shape index (κ1) is 23.4. The van der Waals surface area contributed by atoms with Crippen LogP contribution in [0.1, 0.15) is 60.4 Å². The molecule has 1 aliphatic rings. The molecule has 1 aromatic heterocycles. The van der Waals surface area contributed by atoms with Crippen molar-refractivity contribution in [2.75, 3.05) is 18.5 Å². The molecule has 32 heavy (non-hydrogen) atoms. The van der Waals surface area contributed by atoms with Crippen LogP contribution in [0.25, 0.3) is 0 Å². The molecule has 8 heteroatoms. The lowest BCUT2D eigenvalue weighted by Crippen LogP contribution is -2.44. The van der Waals surface area contributed by atoms with Gasteiger partial charge >= 0.3 is 12.0 Å². The SMILES string of the molecule is CC(C)NC(=O)Nc1cccc(C(=O)OCCC2CCCCN2C(=O)c2cccn2C)c1. The van der Waals surface area contributed by atoms with Gasteiger partial charge in [-0.05, 0) is 63.4 Å². The van der Waals surface area contributed by atoms with Gasteiger partial charge in [-0.3, -0.25) is 4.79 Å². The topological polar surface area (TPSA) is 92.7 Å². The average molecular weight is 441 g/mol. The number of carbonyl (C=O) groups excluding carboxylic acids is 3. The molecule has 0 bridgehead atoms. The fourth-order valence-electron chi connectivity index (χ4n) is 3.92. The third-order valence-corrected chi connectivity index (χ3v) is 5.51. The molecule has 3 amide bonds. The molecule has 172 valence electrons. The van der Waals surface area contributed by atoms with Crippen molar-refractivity contribution in [3.8, 4) is 0 Å². The summed E-state index contributed by atoms with van der Waals surface area (Å²) in [5.74, 6) is -0.430. The maximum absolute atomic E-state index is 13.0. The van der Waals surface area contributed by atoms with Gasteiger partial charge in [-0.1, -0.05) is 6.07 Å². The number of amides is 3. The molecule has 1 unspecified atom stereocenters. The number of anilines is 1. The van der Waals surface area contributed by atoms with Gasteiger partial charge < -0.3 is 24.8 Å². The molecule has 0 spiro atoms. The number of benzene rings is 1. The van der Waals surface area contributed by atoms with E-state index in [0.717, 1.165) is 25.8 Å². The van der Waals surface area contributed by atoms with Crippen LogP contribution in [0.4, 0.5) is 10.5 Å². The molecule has 0 radical (unpaired) electrons. The highest BCUT2D eigenvalue weighted by atomic mass is 16.5. The summed E-state index contributed by atoms with van der Waals surface area (Å²) in [6.45, 7) is 4.68. The summed E-state index contributed by atoms with van der Waals surface area (Å²) >= 11 is 0. The standard InChI is InChI=1S/C24H32N4O4/c1-17(2)25-24(31)26-19-9-6-8-18(16-19)23(30)32-15-12-20-10-4-5-14-28(20)22(29)21-11-7-13-27(21)3/h6-9,11,13,16-17,20H,4-5,10,12,14-15H2,1-3H3,(H2,25,26,31). The van der Waals surface area contributed by atoms with Crippen molar-refractivity contribution in [3.05, 3.63) is 53.9 Å². The van der Waals surface area contributed by atoms with E-state index in [0.29, 0.717) is 23.4 Å². The van der Waals surface area contributed by atoms with E-state index in [1.165, 1.54) is 0 Å². The zero-order valence-electron chi connectivity index (χ0n) is 19.0. The number of hydrogen-bond acceptors (Lipinski definition) is 4. The van der Waals surface area contributed by atoms with Crippen LogP contribution < -0.4 is 10.6 Å². The van der Waals surface area contributed by atoms with Crippen molar-refractivity contribution < 1.29 is 19.1 Å². The maximum Gasteiger partial charge on any atom is 0.338 e. The fourth-order valence-corrected chi connectivity index (χ4v) is 3.92. The lowest BCUT2D eigenvalue weighted by molar-refractivity contribution is 0.0406. The van der Waals surface area contributed by atoms with Gasteiger partial charge in [0.05, 0.1) is 12.2 Å². The molecular weight excluding hydrogens is 408 g/mol. The summed E-state index contributed by atoms with van der Waals surface area (Å²) in [5, 5.41) is 5.45. The Morgan fingerprint density at radius 3 is 2.69 bits per heavy atom. The number of nitrogens with one attached hydrogen (secondary N) is 2. The number of hydrogen-bond donors (Lipinski definition) is 2. The van der Waals surface area contributed by atoms with Gasteiger partial charge in [-0.2, -0.15) is 0 Å². The number of aromatic nitrogens is 1. The van der Waals surface area contributed by atoms with Crippen molar-refractivity contribution >= 4 is 23.6 Å². The van der Waals surface area contributed by atoms with Gasteiger partial charge in [-0.25, -0.2) is 9.59 Å². The minimum atomic E-state index is -0.450. The molecule has 3 rings (SSSR count). The van der Waals surface area contributed by atoms with Gasteiger partial charge in [0.2, 0.25) is 0 Å². The molecule has 1 saturated heterocycles. The van der Waals surface area contributed by atoms with Crippen LogP contribution in [0.3, 0.4) is 0 Å². The van der Waals surface area contributed by atoms with Crippen molar-refractivity contribution in [1.82, 2.24) is 14.8 Å². The van der Waals surface area contributed by atoms with E-state index in [4.69, 9.17) is 4.74 Å². The second-order valence-electron chi connectivity index (χ2n) is 8.41. The van der Waals surface area contributed by atoms with Gasteiger partial charge in [0, 0.05) is 44.0 Å². The molecule has 2 heterocycles. The van der Waals surface area contributed by atoms with Gasteiger partial charge in [-0.15, -0.1) is 0 Å². The Morgan fingerprint density at radius 2 is 1.97 bits per heavy atom. The number of esters is 1. The first-order valence-electron chi connectivity index (χ1n) is 11.1. The lowest BCUT2D eigenvalue weighted by Gasteiger charge is -2.35. The molecule has 1 fully saturated rings. The second-order valence-corrected chi connectivity index (χ2v) is 8.41. The largest absolute Gasteiger partial charge is 0.462 e. The Labute approximate surface area is 188 Å². The number of aryl methyl sites for hydroxylation is 1. The summed E-state index contributed by atoms with van der Waals surface area (Å²) in [4.78, 5) is 39.3. The van der Waals surface area contributed by atoms with E-state index in [9.17, 15) is 14.4 Å². The van der Waals surface area contributed by atoms with E-state index in [1.54, 1.807) is 24.3 Å². The van der Waals surface area contributed by atoms with Crippen molar-refractivity contribution in [1.29, 1.82) is 0 Å². The highest BCUT2D eigenvalue weighted by Crippen LogP contribution is 2.22. The molecule has 0 saturated carbocycles. The van der Waals surface area contributed by atoms with Crippen LogP contribution in [0, 0.1) is 0 Å². The number of piperidine rings is 1. The molecule has 2 aromatic rings. The van der Waals surface area contributed by atoms with Crippen LogP contribution in [-0.4, -0.2) is 52.6 Å². The summed E-state index contributed by atoms with van der Waals surface area (Å²) in [7, 11) is 1.86. The maximum atomic E-state index is 13.0. The van der Waals surface area contributed by atoms with Crippen LogP contribution in [0.15, 0.2) is 42.6 Å². The van der Waals surface area contributed by atoms with Crippen molar-refractivity contribution in [2.45, 2.75) is 51.6 Å². The van der Waals surface area contributed by atoms with E-state index in [1.807, 2.05) is 48.7 Å². The minimum Gasteiger partial charge on any atom is -0.462 e. The Bertz CT molecular complexity index is 953. The molecule has 1 aromatic carbocycles. The molecule has 1 aliphatic heterocycles. The molecule has 8 nitrogen and oxygen atoms in total. The average Bonchev–Trinajstić information content (AvgIpc) is 3.19. The number of carbonyl (C=O) groups is 3. The Kier molecular flexibility index (Phi) is 7.92. The van der Waals surface area contributed by atoms with Crippen LogP contribution in [-0.2, 0) is 11.8 Å². The second kappa shape index (κ2) is 10.8. The number of nitrogens with zero attached hydrogens (tertiary/aromatic N) is 2. The first-order chi connectivity index (χ1) is 15.3. The van der Waals surface area contributed by atoms with Gasteiger partial charge in [0.25, 0.3) is 5.91 Å². The number of ether oxygens (including phenoxy) is 1. The monoisotopic (exact) mass is 440 g/mol. The third-order valence-electron chi connectivity index (χ3n) is 5.51. The lowest BCUT2D eigenvalue weighted by atomic mass is 9.99. The molecular formula is C24H32N4O4. The number of rotatable bonds is 7. The zero-order chi connectivity index (χ0) is 23.1. The smallest absolute Gasteiger partial charge is 0.338 e. The normalized spacial score (nSPS) is 16.0. The number of likely N-dealkylation sites (tertiary alicyclic amines) is 1. The van der Waals surface area contributed by atoms with Crippen LogP contribution in [0.5, 0.6) is 0 Å². The molecule has 2 N–H and O–H groups in total. The fraction of sp³-hybridized carbons (Fsp3) is 0.458. The van der Waals surface area contributed by atoms with Crippen LogP contribution >= 0.6 is 0 Å². The Morgan fingerprint density at radius 1 is 1.16 bits per heavy atom. The quantitative estimate of drug-likeness (QED) is 0.641. The van der Waals surface area contributed by atoms with E-state index in [2.05, 4.69) is 10.6 Å². The summed E-state index contributed by atoms with van der Waals surface area (Å²) in [6, 6.07) is 10.1.